The van der Waals surface area contributed by atoms with Gasteiger partial charge < -0.3 is 25.5 Å². The van der Waals surface area contributed by atoms with E-state index in [0.717, 1.165) is 34.6 Å². The first kappa shape index (κ1) is 18.1. The van der Waals surface area contributed by atoms with Gasteiger partial charge in [-0.1, -0.05) is 0 Å². The van der Waals surface area contributed by atoms with Crippen molar-refractivity contribution in [3.8, 4) is 0 Å². The van der Waals surface area contributed by atoms with Crippen LogP contribution >= 0.6 is 0 Å². The average Bonchev–Trinajstić information content (AvgIpc) is 2.25. The first-order valence-corrected chi connectivity index (χ1v) is 5.75. The molecule has 0 aromatic rings. The summed E-state index contributed by atoms with van der Waals surface area (Å²) in [7, 11) is 0. The largest absolute Gasteiger partial charge is 0.384 e. The summed E-state index contributed by atoms with van der Waals surface area (Å²) in [5, 5.41) is 49.8. The van der Waals surface area contributed by atoms with Crippen LogP contribution in [0.3, 0.4) is 0 Å². The van der Waals surface area contributed by atoms with Crippen molar-refractivity contribution in [2.75, 3.05) is 0 Å². The smallest absolute Gasteiger partial charge is 0.161 e. The Kier molecular flexibility index (Phi) is 5.02. The van der Waals surface area contributed by atoms with Gasteiger partial charge in [-0.3, -0.25) is 9.59 Å². The Morgan fingerprint density at radius 2 is 1.00 bits per heavy atom. The van der Waals surface area contributed by atoms with Crippen LogP contribution in [0.2, 0.25) is 0 Å². The fraction of sp³-hybridized carbons (Fsp3) is 0.833. The minimum Gasteiger partial charge on any atom is -0.384 e. The molecular weight excluding hydrogens is 256 g/mol. The molecule has 0 saturated heterocycles. The van der Waals surface area contributed by atoms with E-state index in [1.54, 1.807) is 0 Å². The predicted octanol–water partition coefficient (Wildman–Crippen LogP) is -1.86. The molecule has 0 aliphatic heterocycles. The Morgan fingerprint density at radius 3 is 1.16 bits per heavy atom. The van der Waals surface area contributed by atoms with Gasteiger partial charge >= 0.3 is 0 Å². The zero-order valence-electron chi connectivity index (χ0n) is 11.7. The Morgan fingerprint density at radius 1 is 0.789 bits per heavy atom. The molecule has 0 amide bonds. The van der Waals surface area contributed by atoms with E-state index in [2.05, 4.69) is 0 Å². The van der Waals surface area contributed by atoms with Gasteiger partial charge in [0.05, 0.1) is 0 Å². The Bertz CT molecular complexity index is 336. The number of aliphatic hydroxyl groups is 5. The van der Waals surface area contributed by atoms with Crippen molar-refractivity contribution in [2.24, 2.45) is 0 Å². The quantitative estimate of drug-likeness (QED) is 0.384. The van der Waals surface area contributed by atoms with Crippen LogP contribution in [-0.4, -0.2) is 66.1 Å². The Balaban J connectivity index is 5.70. The lowest BCUT2D eigenvalue weighted by Crippen LogP contribution is -2.73. The minimum atomic E-state index is -2.53. The minimum absolute atomic E-state index is 0.835. The van der Waals surface area contributed by atoms with Crippen molar-refractivity contribution in [1.82, 2.24) is 0 Å². The molecule has 2 unspecified atom stereocenters. The van der Waals surface area contributed by atoms with Crippen molar-refractivity contribution in [3.05, 3.63) is 0 Å². The molecule has 0 aliphatic carbocycles. The number of hydrogen-bond acceptors (Lipinski definition) is 7. The van der Waals surface area contributed by atoms with E-state index in [-0.39, 0.29) is 0 Å². The molecule has 7 nitrogen and oxygen atoms in total. The molecule has 0 rings (SSSR count). The molecule has 0 spiro atoms. The number of carbonyl (C=O) groups excluding carboxylic acids is 2. The van der Waals surface area contributed by atoms with Gasteiger partial charge in [-0.05, 0) is 34.6 Å². The van der Waals surface area contributed by atoms with Crippen molar-refractivity contribution in [1.29, 1.82) is 0 Å². The molecule has 7 heteroatoms. The number of ketones is 2. The lowest BCUT2D eigenvalue weighted by molar-refractivity contribution is -0.269. The van der Waals surface area contributed by atoms with Gasteiger partial charge in [-0.2, -0.15) is 0 Å². The second-order valence-electron chi connectivity index (χ2n) is 5.39. The third-order valence-corrected chi connectivity index (χ3v) is 3.81. The van der Waals surface area contributed by atoms with E-state index >= 15 is 0 Å². The van der Waals surface area contributed by atoms with E-state index in [1.165, 1.54) is 0 Å². The summed E-state index contributed by atoms with van der Waals surface area (Å²) in [6, 6.07) is 0. The van der Waals surface area contributed by atoms with Crippen LogP contribution in [0.15, 0.2) is 0 Å². The van der Waals surface area contributed by atoms with Crippen LogP contribution in [0.4, 0.5) is 0 Å². The summed E-state index contributed by atoms with van der Waals surface area (Å²) in [6.07, 6.45) is -3.98. The first-order chi connectivity index (χ1) is 8.21. The van der Waals surface area contributed by atoms with E-state index < -0.39 is 40.6 Å². The number of Topliss-reactive ketones (excluding diaryl/α,β-unsaturated/α-hetero) is 2. The molecule has 5 N–H and O–H groups in total. The molecule has 0 fully saturated rings. The van der Waals surface area contributed by atoms with Gasteiger partial charge in [-0.25, -0.2) is 0 Å². The standard InChI is InChI=1S/C12H22O7/c1-6(13)8(15)10(3,17)12(5,19)11(4,18)9(16)7(2)14/h8-9,15-19H,1-5H3/t8?,9?,10-,11+,12+. The zero-order chi connectivity index (χ0) is 15.8. The SMILES string of the molecule is CC(=O)C(O)[C@](C)(O)[C@@](C)(O)[C@](C)(O)C(O)C(C)=O. The van der Waals surface area contributed by atoms with Crippen molar-refractivity contribution in [2.45, 2.75) is 63.6 Å². The third-order valence-electron chi connectivity index (χ3n) is 3.81. The van der Waals surface area contributed by atoms with Crippen LogP contribution in [0.5, 0.6) is 0 Å². The number of carbonyl (C=O) groups is 2. The fourth-order valence-electron chi connectivity index (χ4n) is 1.84. The van der Waals surface area contributed by atoms with Crippen molar-refractivity contribution in [3.63, 3.8) is 0 Å². The molecular formula is C12H22O7. The van der Waals surface area contributed by atoms with Gasteiger partial charge in [0.25, 0.3) is 0 Å². The summed E-state index contributed by atoms with van der Waals surface area (Å²) in [5.74, 6) is -1.67. The highest BCUT2D eigenvalue weighted by molar-refractivity contribution is 5.83. The summed E-state index contributed by atoms with van der Waals surface area (Å²) in [4.78, 5) is 22.3. The molecule has 112 valence electrons. The summed E-state index contributed by atoms with van der Waals surface area (Å²) in [5.41, 5.74) is -7.48. The number of aliphatic hydroxyl groups excluding tert-OH is 2. The maximum absolute atomic E-state index is 11.1. The van der Waals surface area contributed by atoms with Gasteiger partial charge in [0, 0.05) is 0 Å². The summed E-state index contributed by atoms with van der Waals surface area (Å²) in [6.45, 7) is 4.77. The number of hydrogen-bond donors (Lipinski definition) is 5. The lowest BCUT2D eigenvalue weighted by atomic mass is 9.67. The second kappa shape index (κ2) is 5.26. The maximum atomic E-state index is 11.1. The molecule has 0 heterocycles. The molecule has 0 radical (unpaired) electrons. The maximum Gasteiger partial charge on any atom is 0.161 e. The molecule has 5 atom stereocenters. The van der Waals surface area contributed by atoms with Crippen LogP contribution < -0.4 is 0 Å². The third kappa shape index (κ3) is 2.85. The van der Waals surface area contributed by atoms with Crippen LogP contribution in [0, 0.1) is 0 Å². The Hall–Kier alpha value is -0.860. The highest BCUT2D eigenvalue weighted by Crippen LogP contribution is 2.37. The lowest BCUT2D eigenvalue weighted by Gasteiger charge is -2.50. The molecule has 0 aromatic carbocycles. The van der Waals surface area contributed by atoms with Crippen LogP contribution in [0.1, 0.15) is 34.6 Å². The molecule has 19 heavy (non-hydrogen) atoms. The summed E-state index contributed by atoms with van der Waals surface area (Å²) >= 11 is 0. The first-order valence-electron chi connectivity index (χ1n) is 5.75. The zero-order valence-corrected chi connectivity index (χ0v) is 11.7. The summed E-state index contributed by atoms with van der Waals surface area (Å²) < 4.78 is 0. The predicted molar refractivity (Wildman–Crippen MR) is 65.2 cm³/mol. The van der Waals surface area contributed by atoms with E-state index in [9.17, 15) is 35.1 Å². The van der Waals surface area contributed by atoms with Gasteiger partial charge in [0.2, 0.25) is 0 Å². The topological polar surface area (TPSA) is 135 Å². The van der Waals surface area contributed by atoms with Crippen LogP contribution in [-0.2, 0) is 9.59 Å². The number of rotatable bonds is 6. The van der Waals surface area contributed by atoms with Crippen LogP contribution in [0.25, 0.3) is 0 Å². The van der Waals surface area contributed by atoms with E-state index in [4.69, 9.17) is 0 Å². The van der Waals surface area contributed by atoms with Gasteiger partial charge in [-0.15, -0.1) is 0 Å². The molecule has 0 aromatic heterocycles. The van der Waals surface area contributed by atoms with E-state index in [1.807, 2.05) is 0 Å². The highest BCUT2D eigenvalue weighted by Gasteiger charge is 2.61. The highest BCUT2D eigenvalue weighted by atomic mass is 16.4. The van der Waals surface area contributed by atoms with Gasteiger partial charge in [0.15, 0.2) is 11.6 Å². The fourth-order valence-corrected chi connectivity index (χ4v) is 1.84. The monoisotopic (exact) mass is 278 g/mol. The van der Waals surface area contributed by atoms with E-state index in [0.29, 0.717) is 0 Å². The normalized spacial score (nSPS) is 24.5. The Labute approximate surface area is 111 Å². The van der Waals surface area contributed by atoms with Crippen molar-refractivity contribution < 1.29 is 35.1 Å². The molecule has 0 saturated carbocycles. The second-order valence-corrected chi connectivity index (χ2v) is 5.39. The molecule has 0 bridgehead atoms. The molecule has 0 aliphatic rings. The van der Waals surface area contributed by atoms with Gasteiger partial charge in [0.1, 0.15) is 29.0 Å². The average molecular weight is 278 g/mol. The van der Waals surface area contributed by atoms with Crippen molar-refractivity contribution >= 4 is 11.6 Å².